The van der Waals surface area contributed by atoms with E-state index in [2.05, 4.69) is 4.98 Å². The van der Waals surface area contributed by atoms with Gasteiger partial charge in [0.1, 0.15) is 5.82 Å². The summed E-state index contributed by atoms with van der Waals surface area (Å²) in [7, 11) is 0. The van der Waals surface area contributed by atoms with E-state index in [1.807, 2.05) is 0 Å². The Labute approximate surface area is 85.4 Å². The Hall–Kier alpha value is -1.97. The fraction of sp³-hybridized carbons (Fsp3) is 0. The van der Waals surface area contributed by atoms with Crippen LogP contribution in [0, 0.1) is 11.6 Å². The van der Waals surface area contributed by atoms with Crippen molar-refractivity contribution in [2.24, 2.45) is 0 Å². The normalized spacial score (nSPS) is 10.3. The van der Waals surface area contributed by atoms with Gasteiger partial charge in [-0.2, -0.15) is 0 Å². The van der Waals surface area contributed by atoms with Gasteiger partial charge in [-0.25, -0.2) is 13.8 Å². The van der Waals surface area contributed by atoms with Crippen molar-refractivity contribution in [3.8, 4) is 11.1 Å². The number of nitrogens with zero attached hydrogens (tertiary/aromatic N) is 1. The van der Waals surface area contributed by atoms with Crippen LogP contribution in [-0.2, 0) is 0 Å². The van der Waals surface area contributed by atoms with Gasteiger partial charge in [-0.05, 0) is 35.4 Å². The van der Waals surface area contributed by atoms with E-state index in [4.69, 9.17) is 5.73 Å². The molecular formula is C11H8F2N2. The zero-order valence-electron chi connectivity index (χ0n) is 7.74. The van der Waals surface area contributed by atoms with E-state index in [0.29, 0.717) is 16.9 Å². The lowest BCUT2D eigenvalue weighted by Gasteiger charge is -2.02. The molecule has 2 N–H and O–H groups in total. The predicted molar refractivity (Wildman–Crippen MR) is 54.0 cm³/mol. The first kappa shape index (κ1) is 9.58. The molecule has 0 aliphatic heterocycles. The molecule has 2 aromatic rings. The maximum atomic E-state index is 12.9. The quantitative estimate of drug-likeness (QED) is 0.778. The summed E-state index contributed by atoms with van der Waals surface area (Å²) in [6.45, 7) is 0. The van der Waals surface area contributed by atoms with Crippen molar-refractivity contribution in [2.75, 3.05) is 5.73 Å². The summed E-state index contributed by atoms with van der Waals surface area (Å²) in [5, 5.41) is 0. The molecule has 0 radical (unpaired) electrons. The first-order valence-corrected chi connectivity index (χ1v) is 4.34. The predicted octanol–water partition coefficient (Wildman–Crippen LogP) is 2.61. The molecule has 4 heteroatoms. The largest absolute Gasteiger partial charge is 0.384 e. The van der Waals surface area contributed by atoms with Gasteiger partial charge in [0.15, 0.2) is 11.6 Å². The van der Waals surface area contributed by atoms with E-state index < -0.39 is 11.6 Å². The number of pyridine rings is 1. The fourth-order valence-electron chi connectivity index (χ4n) is 1.30. The van der Waals surface area contributed by atoms with Crippen LogP contribution < -0.4 is 5.73 Å². The van der Waals surface area contributed by atoms with Crippen LogP contribution in [0.1, 0.15) is 0 Å². The molecule has 0 unspecified atom stereocenters. The van der Waals surface area contributed by atoms with Gasteiger partial charge >= 0.3 is 0 Å². The summed E-state index contributed by atoms with van der Waals surface area (Å²) >= 11 is 0. The molecule has 0 atom stereocenters. The van der Waals surface area contributed by atoms with Crippen LogP contribution in [0.3, 0.4) is 0 Å². The minimum atomic E-state index is -0.872. The summed E-state index contributed by atoms with van der Waals surface area (Å²) in [5.74, 6) is -1.39. The lowest BCUT2D eigenvalue weighted by atomic mass is 10.1. The van der Waals surface area contributed by atoms with Crippen molar-refractivity contribution in [1.29, 1.82) is 0 Å². The lowest BCUT2D eigenvalue weighted by Crippen LogP contribution is -1.90. The maximum absolute atomic E-state index is 12.9. The van der Waals surface area contributed by atoms with E-state index in [0.717, 1.165) is 12.1 Å². The molecule has 1 aromatic carbocycles. The second-order valence-corrected chi connectivity index (χ2v) is 3.10. The first-order chi connectivity index (χ1) is 7.16. The number of nitrogen functional groups attached to an aromatic ring is 1. The zero-order chi connectivity index (χ0) is 10.8. The second-order valence-electron chi connectivity index (χ2n) is 3.10. The Kier molecular flexibility index (Phi) is 2.33. The van der Waals surface area contributed by atoms with Gasteiger partial charge in [0.05, 0.1) is 0 Å². The molecule has 0 bridgehead atoms. The Morgan fingerprint density at radius 1 is 0.933 bits per heavy atom. The van der Waals surface area contributed by atoms with Crippen LogP contribution >= 0.6 is 0 Å². The van der Waals surface area contributed by atoms with Gasteiger partial charge < -0.3 is 5.73 Å². The van der Waals surface area contributed by atoms with Crippen LogP contribution in [0.4, 0.5) is 14.6 Å². The smallest absolute Gasteiger partial charge is 0.159 e. The summed E-state index contributed by atoms with van der Waals surface area (Å²) < 4.78 is 25.6. The average Bonchev–Trinajstić information content (AvgIpc) is 2.22. The number of anilines is 1. The first-order valence-electron chi connectivity index (χ1n) is 4.34. The molecule has 0 aliphatic carbocycles. The van der Waals surface area contributed by atoms with Gasteiger partial charge in [0, 0.05) is 6.20 Å². The van der Waals surface area contributed by atoms with E-state index >= 15 is 0 Å². The van der Waals surface area contributed by atoms with Crippen LogP contribution in [0.25, 0.3) is 11.1 Å². The highest BCUT2D eigenvalue weighted by atomic mass is 19.2. The minimum Gasteiger partial charge on any atom is -0.384 e. The van der Waals surface area contributed by atoms with Crippen molar-refractivity contribution < 1.29 is 8.78 Å². The van der Waals surface area contributed by atoms with Gasteiger partial charge in [-0.1, -0.05) is 6.07 Å². The molecule has 0 aliphatic rings. The monoisotopic (exact) mass is 206 g/mol. The molecule has 2 rings (SSSR count). The molecule has 15 heavy (non-hydrogen) atoms. The zero-order valence-corrected chi connectivity index (χ0v) is 7.74. The highest BCUT2D eigenvalue weighted by Crippen LogP contribution is 2.22. The molecule has 0 saturated carbocycles. The third kappa shape index (κ3) is 1.93. The summed E-state index contributed by atoms with van der Waals surface area (Å²) in [4.78, 5) is 3.82. The highest BCUT2D eigenvalue weighted by Gasteiger charge is 2.04. The number of hydrogen-bond acceptors (Lipinski definition) is 2. The molecule has 1 heterocycles. The molecule has 2 nitrogen and oxygen atoms in total. The van der Waals surface area contributed by atoms with E-state index in [-0.39, 0.29) is 0 Å². The van der Waals surface area contributed by atoms with Crippen molar-refractivity contribution in [1.82, 2.24) is 4.98 Å². The number of halogens is 2. The van der Waals surface area contributed by atoms with Gasteiger partial charge in [-0.15, -0.1) is 0 Å². The van der Waals surface area contributed by atoms with Crippen molar-refractivity contribution in [3.63, 3.8) is 0 Å². The summed E-state index contributed by atoms with van der Waals surface area (Å²) in [5.41, 5.74) is 6.77. The standard InChI is InChI=1S/C11H8F2N2/c12-9-2-1-7(5-10(9)13)8-3-4-15-11(14)6-8/h1-6H,(H2,14,15). The van der Waals surface area contributed by atoms with E-state index in [9.17, 15) is 8.78 Å². The molecule has 0 saturated heterocycles. The third-order valence-corrected chi connectivity index (χ3v) is 2.03. The lowest BCUT2D eigenvalue weighted by molar-refractivity contribution is 0.509. The molecule has 76 valence electrons. The highest BCUT2D eigenvalue weighted by molar-refractivity contribution is 5.65. The Morgan fingerprint density at radius 3 is 2.33 bits per heavy atom. The van der Waals surface area contributed by atoms with Gasteiger partial charge in [-0.3, -0.25) is 0 Å². The maximum Gasteiger partial charge on any atom is 0.159 e. The molecule has 0 spiro atoms. The average molecular weight is 206 g/mol. The summed E-state index contributed by atoms with van der Waals surface area (Å²) in [6, 6.07) is 6.99. The van der Waals surface area contributed by atoms with Crippen molar-refractivity contribution >= 4 is 5.82 Å². The summed E-state index contributed by atoms with van der Waals surface area (Å²) in [6.07, 6.45) is 1.52. The molecular weight excluding hydrogens is 198 g/mol. The van der Waals surface area contributed by atoms with Gasteiger partial charge in [0.25, 0.3) is 0 Å². The number of benzene rings is 1. The third-order valence-electron chi connectivity index (χ3n) is 2.03. The Bertz CT molecular complexity index is 498. The minimum absolute atomic E-state index is 0.345. The number of aromatic nitrogens is 1. The van der Waals surface area contributed by atoms with Crippen LogP contribution in [-0.4, -0.2) is 4.98 Å². The van der Waals surface area contributed by atoms with Gasteiger partial charge in [0.2, 0.25) is 0 Å². The van der Waals surface area contributed by atoms with Crippen molar-refractivity contribution in [2.45, 2.75) is 0 Å². The Morgan fingerprint density at radius 2 is 1.67 bits per heavy atom. The number of hydrogen-bond donors (Lipinski definition) is 1. The molecule has 0 fully saturated rings. The Balaban J connectivity index is 2.50. The van der Waals surface area contributed by atoms with E-state index in [1.54, 1.807) is 12.1 Å². The number of rotatable bonds is 1. The SMILES string of the molecule is Nc1cc(-c2ccc(F)c(F)c2)ccn1. The van der Waals surface area contributed by atoms with Crippen molar-refractivity contribution in [3.05, 3.63) is 48.2 Å². The van der Waals surface area contributed by atoms with Crippen LogP contribution in [0.5, 0.6) is 0 Å². The van der Waals surface area contributed by atoms with Crippen LogP contribution in [0.15, 0.2) is 36.5 Å². The molecule has 0 amide bonds. The second kappa shape index (κ2) is 3.65. The van der Waals surface area contributed by atoms with Crippen LogP contribution in [0.2, 0.25) is 0 Å². The van der Waals surface area contributed by atoms with E-state index in [1.165, 1.54) is 12.3 Å². The number of nitrogens with two attached hydrogens (primary N) is 1. The molecule has 1 aromatic heterocycles. The topological polar surface area (TPSA) is 38.9 Å². The fourth-order valence-corrected chi connectivity index (χ4v) is 1.30.